The Morgan fingerprint density at radius 3 is 2.80 bits per heavy atom. The second kappa shape index (κ2) is 9.34. The predicted octanol–water partition coefficient (Wildman–Crippen LogP) is 1.67. The molecule has 20 heavy (non-hydrogen) atoms. The molecule has 1 aromatic carbocycles. The number of rotatable bonds is 7. The Bertz CT molecular complexity index is 420. The topological polar surface area (TPSA) is 62.9 Å². The fraction of sp³-hybridized carbons (Fsp3) is 0.533. The monoisotopic (exact) mass is 278 g/mol. The lowest BCUT2D eigenvalue weighted by atomic mass is 10.1. The fourth-order valence-electron chi connectivity index (χ4n) is 1.89. The summed E-state index contributed by atoms with van der Waals surface area (Å²) in [6.45, 7) is 7.07. The first kappa shape index (κ1) is 16.5. The average molecular weight is 278 g/mol. The molecular formula is C15H26N4O. The molecule has 0 radical (unpaired) electrons. The van der Waals surface area contributed by atoms with Gasteiger partial charge in [-0.3, -0.25) is 10.4 Å². The summed E-state index contributed by atoms with van der Waals surface area (Å²) >= 11 is 0. The molecule has 0 atom stereocenters. The van der Waals surface area contributed by atoms with Crippen molar-refractivity contribution in [3.8, 4) is 0 Å². The van der Waals surface area contributed by atoms with Gasteiger partial charge in [-0.2, -0.15) is 0 Å². The molecular weight excluding hydrogens is 252 g/mol. The lowest BCUT2D eigenvalue weighted by molar-refractivity contribution is 0.146. The smallest absolute Gasteiger partial charge is 0.208 e. The minimum atomic E-state index is 0.699. The second-order valence-corrected chi connectivity index (χ2v) is 4.68. The van der Waals surface area contributed by atoms with Gasteiger partial charge in [0.25, 0.3) is 0 Å². The number of aryl methyl sites for hydroxylation is 1. The van der Waals surface area contributed by atoms with Crippen LogP contribution in [0.5, 0.6) is 0 Å². The molecule has 1 rings (SSSR count). The van der Waals surface area contributed by atoms with Gasteiger partial charge in [0.1, 0.15) is 0 Å². The maximum Gasteiger partial charge on any atom is 0.208 e. The first-order valence-corrected chi connectivity index (χ1v) is 7.03. The van der Waals surface area contributed by atoms with Gasteiger partial charge in [-0.15, -0.1) is 0 Å². The van der Waals surface area contributed by atoms with Crippen LogP contribution in [-0.2, 0) is 11.3 Å². The Morgan fingerprint density at radius 2 is 2.15 bits per heavy atom. The van der Waals surface area contributed by atoms with Gasteiger partial charge in [0.2, 0.25) is 5.96 Å². The molecule has 1 aromatic rings. The van der Waals surface area contributed by atoms with Crippen LogP contribution in [0.25, 0.3) is 0 Å². The second-order valence-electron chi connectivity index (χ2n) is 4.68. The third-order valence-electron chi connectivity index (χ3n) is 3.07. The van der Waals surface area contributed by atoms with Gasteiger partial charge in [0, 0.05) is 33.4 Å². The summed E-state index contributed by atoms with van der Waals surface area (Å²) < 4.78 is 5.29. The Balaban J connectivity index is 2.52. The van der Waals surface area contributed by atoms with Gasteiger partial charge < -0.3 is 9.64 Å². The first-order chi connectivity index (χ1) is 9.69. The highest BCUT2D eigenvalue weighted by Crippen LogP contribution is 2.09. The number of ether oxygens (including phenoxy) is 1. The number of nitrogens with one attached hydrogen (secondary N) is 1. The standard InChI is InChI=1S/C15H26N4O/c1-4-20-11-7-10-17-15(18-16)19(3)12-14-9-6-5-8-13(14)2/h5-6,8-9H,4,7,10-12,16H2,1-3H3,(H,17,18). The molecule has 0 saturated carbocycles. The lowest BCUT2D eigenvalue weighted by Gasteiger charge is -2.21. The van der Waals surface area contributed by atoms with E-state index >= 15 is 0 Å². The largest absolute Gasteiger partial charge is 0.382 e. The van der Waals surface area contributed by atoms with E-state index in [0.717, 1.165) is 26.2 Å². The Kier molecular flexibility index (Phi) is 7.69. The molecule has 112 valence electrons. The van der Waals surface area contributed by atoms with Crippen LogP contribution >= 0.6 is 0 Å². The van der Waals surface area contributed by atoms with E-state index in [1.807, 2.05) is 31.0 Å². The maximum absolute atomic E-state index is 5.55. The highest BCUT2D eigenvalue weighted by Gasteiger charge is 2.06. The molecule has 0 aliphatic carbocycles. The number of hydrogen-bond acceptors (Lipinski definition) is 3. The van der Waals surface area contributed by atoms with Crippen molar-refractivity contribution in [1.29, 1.82) is 0 Å². The van der Waals surface area contributed by atoms with E-state index in [2.05, 4.69) is 29.5 Å². The van der Waals surface area contributed by atoms with Crippen molar-refractivity contribution >= 4 is 5.96 Å². The predicted molar refractivity (Wildman–Crippen MR) is 83.4 cm³/mol. The van der Waals surface area contributed by atoms with E-state index in [9.17, 15) is 0 Å². The van der Waals surface area contributed by atoms with Crippen molar-refractivity contribution in [3.05, 3.63) is 35.4 Å². The zero-order valence-electron chi connectivity index (χ0n) is 12.7. The normalized spacial score (nSPS) is 11.5. The van der Waals surface area contributed by atoms with Crippen molar-refractivity contribution in [2.45, 2.75) is 26.8 Å². The van der Waals surface area contributed by atoms with Crippen LogP contribution < -0.4 is 11.3 Å². The summed E-state index contributed by atoms with van der Waals surface area (Å²) in [6.07, 6.45) is 0.900. The van der Waals surface area contributed by atoms with E-state index in [4.69, 9.17) is 10.6 Å². The van der Waals surface area contributed by atoms with Crippen molar-refractivity contribution in [1.82, 2.24) is 10.3 Å². The van der Waals surface area contributed by atoms with Gasteiger partial charge in [0.05, 0.1) is 0 Å². The van der Waals surface area contributed by atoms with Crippen LogP contribution in [0.15, 0.2) is 29.3 Å². The van der Waals surface area contributed by atoms with Crippen molar-refractivity contribution in [3.63, 3.8) is 0 Å². The summed E-state index contributed by atoms with van der Waals surface area (Å²) in [5.41, 5.74) is 5.21. The Labute approximate surface area is 121 Å². The summed E-state index contributed by atoms with van der Waals surface area (Å²) in [6, 6.07) is 8.32. The molecule has 0 saturated heterocycles. The van der Waals surface area contributed by atoms with Gasteiger partial charge in [0.15, 0.2) is 0 Å². The highest BCUT2D eigenvalue weighted by atomic mass is 16.5. The molecule has 0 spiro atoms. The minimum Gasteiger partial charge on any atom is -0.382 e. The molecule has 0 aliphatic heterocycles. The third-order valence-corrected chi connectivity index (χ3v) is 3.07. The van der Waals surface area contributed by atoms with Gasteiger partial charge in [-0.25, -0.2) is 5.84 Å². The molecule has 0 heterocycles. The van der Waals surface area contributed by atoms with Crippen LogP contribution in [0.2, 0.25) is 0 Å². The maximum atomic E-state index is 5.55. The zero-order valence-corrected chi connectivity index (χ0v) is 12.7. The van der Waals surface area contributed by atoms with Crippen molar-refractivity contribution in [2.24, 2.45) is 10.8 Å². The molecule has 0 fully saturated rings. The van der Waals surface area contributed by atoms with Crippen LogP contribution in [0.3, 0.4) is 0 Å². The minimum absolute atomic E-state index is 0.699. The number of hydrogen-bond donors (Lipinski definition) is 2. The van der Waals surface area contributed by atoms with E-state index in [-0.39, 0.29) is 0 Å². The number of hydrazine groups is 1. The zero-order chi connectivity index (χ0) is 14.8. The molecule has 3 N–H and O–H groups in total. The molecule has 5 nitrogen and oxygen atoms in total. The molecule has 0 aromatic heterocycles. The molecule has 0 aliphatic rings. The lowest BCUT2D eigenvalue weighted by Crippen LogP contribution is -2.42. The van der Waals surface area contributed by atoms with Crippen LogP contribution in [-0.4, -0.2) is 37.7 Å². The Morgan fingerprint density at radius 1 is 1.40 bits per heavy atom. The first-order valence-electron chi connectivity index (χ1n) is 7.03. The molecule has 0 unspecified atom stereocenters. The van der Waals surface area contributed by atoms with Gasteiger partial charge in [-0.1, -0.05) is 24.3 Å². The average Bonchev–Trinajstić information content (AvgIpc) is 2.45. The fourth-order valence-corrected chi connectivity index (χ4v) is 1.89. The summed E-state index contributed by atoms with van der Waals surface area (Å²) in [5.74, 6) is 6.25. The summed E-state index contributed by atoms with van der Waals surface area (Å²) in [5, 5.41) is 0. The van der Waals surface area contributed by atoms with Crippen molar-refractivity contribution < 1.29 is 4.74 Å². The van der Waals surface area contributed by atoms with Crippen LogP contribution in [0, 0.1) is 6.92 Å². The number of nitrogens with two attached hydrogens (primary N) is 1. The third kappa shape index (κ3) is 5.59. The SMILES string of the molecule is CCOCCCN=C(NN)N(C)Cc1ccccc1C. The van der Waals surface area contributed by atoms with E-state index < -0.39 is 0 Å². The molecule has 5 heteroatoms. The number of benzene rings is 1. The molecule has 0 bridgehead atoms. The number of nitrogens with zero attached hydrogens (tertiary/aromatic N) is 2. The van der Waals surface area contributed by atoms with Crippen LogP contribution in [0.4, 0.5) is 0 Å². The molecule has 0 amide bonds. The Hall–Kier alpha value is -1.59. The number of guanidine groups is 1. The van der Waals surface area contributed by atoms with Gasteiger partial charge in [-0.05, 0) is 31.4 Å². The number of aliphatic imine (C=N–C) groups is 1. The summed E-state index contributed by atoms with van der Waals surface area (Å²) in [4.78, 5) is 6.48. The van der Waals surface area contributed by atoms with E-state index in [0.29, 0.717) is 12.5 Å². The quantitative estimate of drug-likeness (QED) is 0.262. The van der Waals surface area contributed by atoms with Gasteiger partial charge >= 0.3 is 0 Å². The van der Waals surface area contributed by atoms with E-state index in [1.54, 1.807) is 0 Å². The van der Waals surface area contributed by atoms with E-state index in [1.165, 1.54) is 11.1 Å². The van der Waals surface area contributed by atoms with Crippen molar-refractivity contribution in [2.75, 3.05) is 26.8 Å². The summed E-state index contributed by atoms with van der Waals surface area (Å²) in [7, 11) is 1.98. The van der Waals surface area contributed by atoms with Crippen LogP contribution in [0.1, 0.15) is 24.5 Å². The highest BCUT2D eigenvalue weighted by molar-refractivity contribution is 5.79.